The number of fused-ring (bicyclic) bond motifs is 1. The van der Waals surface area contributed by atoms with Gasteiger partial charge in [0.2, 0.25) is 0 Å². The Bertz CT molecular complexity index is 1160. The van der Waals surface area contributed by atoms with Crippen LogP contribution in [0.2, 0.25) is 5.02 Å². The van der Waals surface area contributed by atoms with Gasteiger partial charge in [-0.15, -0.1) is 0 Å². The second kappa shape index (κ2) is 10.5. The monoisotopic (exact) mass is 490 g/mol. The second-order valence-corrected chi connectivity index (χ2v) is 10.7. The van der Waals surface area contributed by atoms with Crippen molar-refractivity contribution in [3.8, 4) is 0 Å². The number of anilines is 1. The summed E-state index contributed by atoms with van der Waals surface area (Å²) in [7, 11) is 0. The van der Waals surface area contributed by atoms with Crippen LogP contribution in [-0.2, 0) is 6.54 Å². The molecular formula is C29H35ClN4O. The molecule has 5 rings (SSSR count). The molecule has 1 aromatic heterocycles. The highest BCUT2D eigenvalue weighted by molar-refractivity contribution is 6.30. The Morgan fingerprint density at radius 2 is 1.69 bits per heavy atom. The van der Waals surface area contributed by atoms with Gasteiger partial charge in [-0.1, -0.05) is 36.2 Å². The van der Waals surface area contributed by atoms with Gasteiger partial charge in [0.25, 0.3) is 0 Å². The van der Waals surface area contributed by atoms with Crippen LogP contribution in [-0.4, -0.2) is 46.0 Å². The number of hydrogen-bond donors (Lipinski definition) is 1. The third kappa shape index (κ3) is 5.62. The van der Waals surface area contributed by atoms with Gasteiger partial charge in [0.05, 0.1) is 11.2 Å². The largest absolute Gasteiger partial charge is 0.324 e. The lowest BCUT2D eigenvalue weighted by Gasteiger charge is -2.38. The fourth-order valence-corrected chi connectivity index (χ4v) is 5.79. The molecule has 5 nitrogen and oxygen atoms in total. The smallest absolute Gasteiger partial charge is 0.321 e. The van der Waals surface area contributed by atoms with E-state index in [1.54, 1.807) is 0 Å². The van der Waals surface area contributed by atoms with E-state index in [1.807, 2.05) is 35.2 Å². The number of piperidine rings is 2. The molecule has 0 radical (unpaired) electrons. The molecular weight excluding hydrogens is 456 g/mol. The van der Waals surface area contributed by atoms with Gasteiger partial charge < -0.3 is 10.2 Å². The van der Waals surface area contributed by atoms with Gasteiger partial charge in [0, 0.05) is 47.8 Å². The van der Waals surface area contributed by atoms with Crippen molar-refractivity contribution in [1.82, 2.24) is 14.8 Å². The Kier molecular flexibility index (Phi) is 7.26. The van der Waals surface area contributed by atoms with Gasteiger partial charge >= 0.3 is 6.03 Å². The molecule has 1 N–H and O–H groups in total. The molecule has 184 valence electrons. The zero-order chi connectivity index (χ0) is 24.4. The van der Waals surface area contributed by atoms with E-state index in [-0.39, 0.29) is 6.03 Å². The highest BCUT2D eigenvalue weighted by Crippen LogP contribution is 2.29. The first kappa shape index (κ1) is 24.1. The second-order valence-electron chi connectivity index (χ2n) is 10.3. The first-order chi connectivity index (χ1) is 17.0. The number of rotatable bonds is 4. The average Bonchev–Trinajstić information content (AvgIpc) is 2.87. The first-order valence-electron chi connectivity index (χ1n) is 12.9. The Morgan fingerprint density at radius 1 is 0.971 bits per heavy atom. The van der Waals surface area contributed by atoms with Crippen LogP contribution >= 0.6 is 11.6 Å². The minimum absolute atomic E-state index is 0.0310. The maximum atomic E-state index is 12.9. The highest BCUT2D eigenvalue weighted by atomic mass is 35.5. The van der Waals surface area contributed by atoms with Gasteiger partial charge in [0.1, 0.15) is 0 Å². The number of likely N-dealkylation sites (tertiary alicyclic amines) is 2. The molecule has 2 aliphatic heterocycles. The van der Waals surface area contributed by atoms with Crippen molar-refractivity contribution < 1.29 is 4.79 Å². The number of carbonyl (C=O) groups is 1. The number of nitrogens with one attached hydrogen (secondary N) is 1. The van der Waals surface area contributed by atoms with Crippen LogP contribution in [0.4, 0.5) is 10.5 Å². The third-order valence-electron chi connectivity index (χ3n) is 7.84. The van der Waals surface area contributed by atoms with Crippen molar-refractivity contribution in [3.05, 3.63) is 70.9 Å². The number of aromatic nitrogens is 1. The Morgan fingerprint density at radius 3 is 2.40 bits per heavy atom. The SMILES string of the molecule is C[C@@H]1CCC[C@H](C)N1Cc1ccc2cc(NC(=O)N3CCC(c4ccc(Cl)cc4)CC3)ccc2n1. The highest BCUT2D eigenvalue weighted by Gasteiger charge is 2.25. The molecule has 2 atom stereocenters. The van der Waals surface area contributed by atoms with Crippen LogP contribution in [0.25, 0.3) is 10.9 Å². The molecule has 0 bridgehead atoms. The summed E-state index contributed by atoms with van der Waals surface area (Å²) >= 11 is 6.02. The zero-order valence-electron chi connectivity index (χ0n) is 20.7. The number of hydrogen-bond acceptors (Lipinski definition) is 3. The fraction of sp³-hybridized carbons (Fsp3) is 0.448. The summed E-state index contributed by atoms with van der Waals surface area (Å²) in [5, 5.41) is 4.90. The van der Waals surface area contributed by atoms with Crippen LogP contribution in [0.5, 0.6) is 0 Å². The van der Waals surface area contributed by atoms with Crippen molar-refractivity contribution in [2.24, 2.45) is 0 Å². The Hall–Kier alpha value is -2.63. The quantitative estimate of drug-likeness (QED) is 0.425. The van der Waals surface area contributed by atoms with E-state index in [0.29, 0.717) is 18.0 Å². The van der Waals surface area contributed by atoms with Gasteiger partial charge in [0.15, 0.2) is 0 Å². The first-order valence-corrected chi connectivity index (χ1v) is 13.3. The molecule has 3 heterocycles. The van der Waals surface area contributed by atoms with Crippen LogP contribution in [0, 0.1) is 0 Å². The van der Waals surface area contributed by atoms with Crippen molar-refractivity contribution in [2.45, 2.75) is 70.5 Å². The zero-order valence-corrected chi connectivity index (χ0v) is 21.5. The lowest BCUT2D eigenvalue weighted by molar-refractivity contribution is 0.0939. The summed E-state index contributed by atoms with van der Waals surface area (Å²) in [6.45, 7) is 7.05. The summed E-state index contributed by atoms with van der Waals surface area (Å²) in [6.07, 6.45) is 5.78. The van der Waals surface area contributed by atoms with Crippen LogP contribution < -0.4 is 5.32 Å². The van der Waals surface area contributed by atoms with E-state index in [2.05, 4.69) is 48.3 Å². The van der Waals surface area contributed by atoms with Crippen LogP contribution in [0.1, 0.15) is 63.1 Å². The summed E-state index contributed by atoms with van der Waals surface area (Å²) < 4.78 is 0. The number of nitrogens with zero attached hydrogens (tertiary/aromatic N) is 3. The molecule has 6 heteroatoms. The average molecular weight is 491 g/mol. The van der Waals surface area contributed by atoms with Crippen molar-refractivity contribution in [3.63, 3.8) is 0 Å². The number of benzene rings is 2. The molecule has 2 saturated heterocycles. The molecule has 2 amide bonds. The van der Waals surface area contributed by atoms with Crippen LogP contribution in [0.3, 0.4) is 0 Å². The van der Waals surface area contributed by atoms with Gasteiger partial charge in [-0.3, -0.25) is 9.88 Å². The van der Waals surface area contributed by atoms with Gasteiger partial charge in [-0.2, -0.15) is 0 Å². The minimum atomic E-state index is -0.0310. The lowest BCUT2D eigenvalue weighted by atomic mass is 9.89. The molecule has 0 saturated carbocycles. The van der Waals surface area contributed by atoms with Crippen molar-refractivity contribution >= 4 is 34.2 Å². The lowest BCUT2D eigenvalue weighted by Crippen LogP contribution is -2.43. The molecule has 0 aliphatic carbocycles. The van der Waals surface area contributed by atoms with E-state index in [0.717, 1.165) is 59.8 Å². The molecule has 0 spiro atoms. The molecule has 0 unspecified atom stereocenters. The number of urea groups is 1. The maximum absolute atomic E-state index is 12.9. The van der Waals surface area contributed by atoms with E-state index < -0.39 is 0 Å². The van der Waals surface area contributed by atoms with E-state index in [4.69, 9.17) is 16.6 Å². The minimum Gasteiger partial charge on any atom is -0.324 e. The van der Waals surface area contributed by atoms with Crippen LogP contribution in [0.15, 0.2) is 54.6 Å². The maximum Gasteiger partial charge on any atom is 0.321 e. The summed E-state index contributed by atoms with van der Waals surface area (Å²) in [6, 6.07) is 19.5. The van der Waals surface area contributed by atoms with E-state index in [9.17, 15) is 4.79 Å². The summed E-state index contributed by atoms with van der Waals surface area (Å²) in [4.78, 5) is 22.3. The summed E-state index contributed by atoms with van der Waals surface area (Å²) in [5.41, 5.74) is 4.20. The van der Waals surface area contributed by atoms with E-state index >= 15 is 0 Å². The van der Waals surface area contributed by atoms with Gasteiger partial charge in [-0.05, 0) is 87.4 Å². The van der Waals surface area contributed by atoms with Crippen molar-refractivity contribution in [1.29, 1.82) is 0 Å². The molecule has 2 fully saturated rings. The molecule has 2 aliphatic rings. The van der Waals surface area contributed by atoms with Crippen molar-refractivity contribution in [2.75, 3.05) is 18.4 Å². The van der Waals surface area contributed by atoms with Gasteiger partial charge in [-0.25, -0.2) is 4.79 Å². The number of amides is 2. The number of pyridine rings is 1. The Balaban J connectivity index is 1.19. The Labute approximate surface area is 213 Å². The number of carbonyl (C=O) groups excluding carboxylic acids is 1. The summed E-state index contributed by atoms with van der Waals surface area (Å²) in [5.74, 6) is 0.480. The fourth-order valence-electron chi connectivity index (χ4n) is 5.66. The number of halogens is 1. The predicted octanol–water partition coefficient (Wildman–Crippen LogP) is 7.06. The molecule has 35 heavy (non-hydrogen) atoms. The molecule has 3 aromatic rings. The standard InChI is InChI=1S/C29H35ClN4O/c1-20-4-3-5-21(2)34(20)19-27-11-8-24-18-26(12-13-28(24)31-27)32-29(35)33-16-14-23(15-17-33)22-6-9-25(30)10-7-22/h6-13,18,20-21,23H,3-5,14-17,19H2,1-2H3,(H,32,35)/t20-,21+. The molecule has 2 aromatic carbocycles. The van der Waals surface area contributed by atoms with E-state index in [1.165, 1.54) is 24.8 Å². The third-order valence-corrected chi connectivity index (χ3v) is 8.09. The topological polar surface area (TPSA) is 48.5 Å². The predicted molar refractivity (Wildman–Crippen MR) is 144 cm³/mol. The normalized spacial score (nSPS) is 21.9.